The quantitative estimate of drug-likeness (QED) is 0.380. The monoisotopic (exact) mass is 320 g/mol. The first-order valence-electron chi connectivity index (χ1n) is 8.36. The minimum Gasteiger partial charge on any atom is -0.392 e. The molecular formula is C18H34ClFO. The summed E-state index contributed by atoms with van der Waals surface area (Å²) in [5.41, 5.74) is 0.906. The summed E-state index contributed by atoms with van der Waals surface area (Å²) in [6.45, 7) is 14.2. The van der Waals surface area contributed by atoms with Crippen molar-refractivity contribution in [1.29, 1.82) is 0 Å². The van der Waals surface area contributed by atoms with Gasteiger partial charge in [0.15, 0.2) is 0 Å². The van der Waals surface area contributed by atoms with Gasteiger partial charge in [-0.15, -0.1) is 11.6 Å². The lowest BCUT2D eigenvalue weighted by Gasteiger charge is -2.26. The highest BCUT2D eigenvalue weighted by atomic mass is 35.5. The van der Waals surface area contributed by atoms with E-state index in [9.17, 15) is 9.50 Å². The Kier molecular flexibility index (Phi) is 10.6. The zero-order valence-electron chi connectivity index (χ0n) is 14.4. The van der Waals surface area contributed by atoms with Gasteiger partial charge in [0.25, 0.3) is 0 Å². The molecule has 0 saturated heterocycles. The molecule has 0 amide bonds. The molecule has 0 fully saturated rings. The first-order chi connectivity index (χ1) is 9.72. The van der Waals surface area contributed by atoms with Crippen molar-refractivity contribution in [2.24, 2.45) is 17.8 Å². The second kappa shape index (κ2) is 10.6. The number of alkyl halides is 2. The van der Waals surface area contributed by atoms with Crippen LogP contribution < -0.4 is 0 Å². The molecular weight excluding hydrogens is 287 g/mol. The van der Waals surface area contributed by atoms with E-state index in [1.807, 2.05) is 6.92 Å². The highest BCUT2D eigenvalue weighted by Gasteiger charge is 2.30. The molecule has 1 nitrogen and oxygen atoms in total. The summed E-state index contributed by atoms with van der Waals surface area (Å²) in [4.78, 5) is 0. The minimum atomic E-state index is -1.24. The molecule has 0 radical (unpaired) electrons. The number of hydrogen-bond donors (Lipinski definition) is 1. The minimum absolute atomic E-state index is 0.305. The summed E-state index contributed by atoms with van der Waals surface area (Å²) < 4.78 is 14.2. The van der Waals surface area contributed by atoms with Crippen molar-refractivity contribution in [3.05, 3.63) is 12.2 Å². The molecule has 1 N–H and O–H groups in total. The van der Waals surface area contributed by atoms with E-state index >= 15 is 0 Å². The molecule has 6 atom stereocenters. The van der Waals surface area contributed by atoms with Gasteiger partial charge >= 0.3 is 0 Å². The average molecular weight is 321 g/mol. The van der Waals surface area contributed by atoms with Crippen LogP contribution in [0.4, 0.5) is 4.39 Å². The second-order valence-electron chi connectivity index (χ2n) is 6.71. The maximum atomic E-state index is 14.2. The lowest BCUT2D eigenvalue weighted by atomic mass is 9.84. The molecule has 0 aliphatic carbocycles. The molecule has 126 valence electrons. The molecule has 6 unspecified atom stereocenters. The lowest BCUT2D eigenvalue weighted by Crippen LogP contribution is -2.33. The third kappa shape index (κ3) is 7.65. The average Bonchev–Trinajstić information content (AvgIpc) is 2.46. The number of halogens is 2. The number of allylic oxidation sites excluding steroid dienone is 1. The molecule has 0 aliphatic rings. The number of unbranched alkanes of at least 4 members (excludes halogenated alkanes) is 1. The Balaban J connectivity index is 4.24. The molecule has 0 heterocycles. The summed E-state index contributed by atoms with van der Waals surface area (Å²) in [6.07, 6.45) is 3.57. The SMILES string of the molecule is C=C(CCC(C)C(C)CCCC)C(C)C(F)C(Cl)C(C)O. The number of aliphatic hydroxyl groups is 1. The van der Waals surface area contributed by atoms with Crippen molar-refractivity contribution in [3.63, 3.8) is 0 Å². The normalized spacial score (nSPS) is 20.4. The fourth-order valence-corrected chi connectivity index (χ4v) is 2.72. The Morgan fingerprint density at radius 3 is 2.14 bits per heavy atom. The molecule has 0 bridgehead atoms. The van der Waals surface area contributed by atoms with Crippen LogP contribution in [0.1, 0.15) is 66.7 Å². The first kappa shape index (κ1) is 20.9. The van der Waals surface area contributed by atoms with Gasteiger partial charge in [-0.2, -0.15) is 0 Å². The smallest absolute Gasteiger partial charge is 0.125 e. The molecule has 3 heteroatoms. The molecule has 0 aromatic carbocycles. The molecule has 0 aromatic heterocycles. The van der Waals surface area contributed by atoms with Crippen LogP contribution in [-0.2, 0) is 0 Å². The number of aliphatic hydroxyl groups excluding tert-OH is 1. The largest absolute Gasteiger partial charge is 0.392 e. The maximum Gasteiger partial charge on any atom is 0.125 e. The van der Waals surface area contributed by atoms with Crippen LogP contribution in [0.15, 0.2) is 12.2 Å². The second-order valence-corrected chi connectivity index (χ2v) is 7.22. The van der Waals surface area contributed by atoms with Crippen LogP contribution in [-0.4, -0.2) is 22.8 Å². The van der Waals surface area contributed by atoms with Crippen molar-refractivity contribution >= 4 is 11.6 Å². The van der Waals surface area contributed by atoms with Gasteiger partial charge in [-0.3, -0.25) is 0 Å². The van der Waals surface area contributed by atoms with E-state index in [0.29, 0.717) is 11.8 Å². The van der Waals surface area contributed by atoms with E-state index in [4.69, 9.17) is 11.6 Å². The van der Waals surface area contributed by atoms with Gasteiger partial charge in [-0.25, -0.2) is 4.39 Å². The predicted octanol–water partition coefficient (Wildman–Crippen LogP) is 5.75. The maximum absolute atomic E-state index is 14.2. The standard InChI is InChI=1S/C18H34ClFO/c1-7-8-9-12(2)13(3)10-11-14(4)15(5)18(20)17(19)16(6)21/h12-13,15-18,21H,4,7-11H2,1-3,5-6H3. The lowest BCUT2D eigenvalue weighted by molar-refractivity contribution is 0.129. The fourth-order valence-electron chi connectivity index (χ4n) is 2.50. The van der Waals surface area contributed by atoms with Crippen molar-refractivity contribution in [3.8, 4) is 0 Å². The fraction of sp³-hybridized carbons (Fsp3) is 0.889. The zero-order valence-corrected chi connectivity index (χ0v) is 15.2. The molecule has 0 rings (SSSR count). The number of hydrogen-bond acceptors (Lipinski definition) is 1. The van der Waals surface area contributed by atoms with Gasteiger partial charge in [0.2, 0.25) is 0 Å². The third-order valence-corrected chi connectivity index (χ3v) is 5.40. The van der Waals surface area contributed by atoms with Crippen molar-refractivity contribution < 1.29 is 9.50 Å². The third-order valence-electron chi connectivity index (χ3n) is 4.79. The summed E-state index contributed by atoms with van der Waals surface area (Å²) in [5, 5.41) is 8.53. The van der Waals surface area contributed by atoms with Gasteiger partial charge in [-0.1, -0.05) is 59.1 Å². The van der Waals surface area contributed by atoms with Gasteiger partial charge in [0.1, 0.15) is 6.17 Å². The van der Waals surface area contributed by atoms with Crippen LogP contribution in [0, 0.1) is 17.8 Å². The Morgan fingerprint density at radius 1 is 1.14 bits per heavy atom. The molecule has 0 aliphatic heterocycles. The topological polar surface area (TPSA) is 20.2 Å². The highest BCUT2D eigenvalue weighted by Crippen LogP contribution is 2.30. The summed E-state index contributed by atoms with van der Waals surface area (Å²) >= 11 is 5.91. The van der Waals surface area contributed by atoms with Crippen LogP contribution in [0.3, 0.4) is 0 Å². The predicted molar refractivity (Wildman–Crippen MR) is 91.6 cm³/mol. The van der Waals surface area contributed by atoms with Crippen LogP contribution in [0.2, 0.25) is 0 Å². The summed E-state index contributed by atoms with van der Waals surface area (Å²) in [5.74, 6) is 1.02. The van der Waals surface area contributed by atoms with Crippen molar-refractivity contribution in [1.82, 2.24) is 0 Å². The van der Waals surface area contributed by atoms with Gasteiger partial charge < -0.3 is 5.11 Å². The van der Waals surface area contributed by atoms with E-state index in [1.165, 1.54) is 26.2 Å². The van der Waals surface area contributed by atoms with Gasteiger partial charge in [0.05, 0.1) is 11.5 Å². The van der Waals surface area contributed by atoms with E-state index in [1.54, 1.807) is 0 Å². The summed E-state index contributed by atoms with van der Waals surface area (Å²) in [6, 6.07) is 0. The van der Waals surface area contributed by atoms with Crippen molar-refractivity contribution in [2.75, 3.05) is 0 Å². The highest BCUT2D eigenvalue weighted by molar-refractivity contribution is 6.21. The summed E-state index contributed by atoms with van der Waals surface area (Å²) in [7, 11) is 0. The molecule has 0 saturated carbocycles. The van der Waals surface area contributed by atoms with E-state index in [-0.39, 0.29) is 5.92 Å². The van der Waals surface area contributed by atoms with E-state index in [2.05, 4.69) is 27.4 Å². The Bertz CT molecular complexity index is 293. The zero-order chi connectivity index (χ0) is 16.6. The first-order valence-corrected chi connectivity index (χ1v) is 8.79. The van der Waals surface area contributed by atoms with Crippen molar-refractivity contribution in [2.45, 2.75) is 84.4 Å². The molecule has 0 spiro atoms. The van der Waals surface area contributed by atoms with E-state index in [0.717, 1.165) is 18.4 Å². The van der Waals surface area contributed by atoms with E-state index < -0.39 is 17.7 Å². The van der Waals surface area contributed by atoms with Gasteiger partial charge in [-0.05, 0) is 31.6 Å². The van der Waals surface area contributed by atoms with Crippen LogP contribution in [0.5, 0.6) is 0 Å². The Morgan fingerprint density at radius 2 is 1.67 bits per heavy atom. The van der Waals surface area contributed by atoms with Crippen LogP contribution >= 0.6 is 11.6 Å². The Hall–Kier alpha value is -0.0800. The molecule has 21 heavy (non-hydrogen) atoms. The molecule has 0 aromatic rings. The number of rotatable bonds is 11. The Labute approximate surface area is 136 Å². The van der Waals surface area contributed by atoms with Gasteiger partial charge in [0, 0.05) is 5.92 Å². The van der Waals surface area contributed by atoms with Crippen LogP contribution in [0.25, 0.3) is 0 Å².